The second-order valence-corrected chi connectivity index (χ2v) is 5.81. The Morgan fingerprint density at radius 3 is 2.89 bits per heavy atom. The highest BCUT2D eigenvalue weighted by Crippen LogP contribution is 2.35. The van der Waals surface area contributed by atoms with E-state index in [0.29, 0.717) is 12.0 Å². The quantitative estimate of drug-likeness (QED) is 0.832. The van der Waals surface area contributed by atoms with E-state index in [1.165, 1.54) is 6.07 Å². The zero-order valence-electron chi connectivity index (χ0n) is 9.94. The number of sulfonamides is 1. The van der Waals surface area contributed by atoms with Crippen LogP contribution in [0, 0.1) is 5.82 Å². The second-order valence-electron chi connectivity index (χ2n) is 4.07. The molecule has 18 heavy (non-hydrogen) atoms. The van der Waals surface area contributed by atoms with E-state index in [2.05, 4.69) is 4.72 Å². The van der Waals surface area contributed by atoms with Crippen LogP contribution in [-0.4, -0.2) is 27.6 Å². The monoisotopic (exact) mass is 274 g/mol. The van der Waals surface area contributed by atoms with Crippen LogP contribution in [0.25, 0.3) is 0 Å². The Hall–Kier alpha value is -1.18. The summed E-state index contributed by atoms with van der Waals surface area (Å²) in [5.41, 5.74) is 6.03. The van der Waals surface area contributed by atoms with Gasteiger partial charge in [-0.1, -0.05) is 6.92 Å². The molecular weight excluding hydrogens is 259 g/mol. The Morgan fingerprint density at radius 2 is 2.28 bits per heavy atom. The molecule has 0 bridgehead atoms. The van der Waals surface area contributed by atoms with Gasteiger partial charge in [-0.3, -0.25) is 0 Å². The summed E-state index contributed by atoms with van der Waals surface area (Å²) in [6, 6.07) is 2.26. The number of nitrogens with two attached hydrogens (primary N) is 1. The maximum absolute atomic E-state index is 13.4. The van der Waals surface area contributed by atoms with Crippen molar-refractivity contribution in [2.45, 2.75) is 24.3 Å². The lowest BCUT2D eigenvalue weighted by Gasteiger charge is -2.11. The van der Waals surface area contributed by atoms with Gasteiger partial charge in [0.1, 0.15) is 22.6 Å². The van der Waals surface area contributed by atoms with Gasteiger partial charge in [0.05, 0.1) is 0 Å². The number of nitrogens with one attached hydrogen (secondary N) is 1. The van der Waals surface area contributed by atoms with E-state index in [0.717, 1.165) is 6.07 Å². The first-order valence-electron chi connectivity index (χ1n) is 5.66. The van der Waals surface area contributed by atoms with E-state index in [1.54, 1.807) is 6.92 Å². The predicted octanol–water partition coefficient (Wildman–Crippen LogP) is 0.386. The van der Waals surface area contributed by atoms with Gasteiger partial charge in [0.2, 0.25) is 10.0 Å². The molecule has 0 spiro atoms. The molecule has 0 aromatic heterocycles. The van der Waals surface area contributed by atoms with Gasteiger partial charge in [0.25, 0.3) is 0 Å². The highest BCUT2D eigenvalue weighted by Gasteiger charge is 2.30. The molecule has 0 radical (unpaired) electrons. The molecule has 7 heteroatoms. The van der Waals surface area contributed by atoms with Gasteiger partial charge in [-0.25, -0.2) is 17.5 Å². The highest BCUT2D eigenvalue weighted by molar-refractivity contribution is 7.89. The molecule has 0 amide bonds. The molecular formula is C11H15FN2O3S. The number of hydrogen-bond donors (Lipinski definition) is 2. The Labute approximate surface area is 105 Å². The SMILES string of the molecule is CCNS(=O)(=O)c1cc(F)cc2c1OC(CN)C2. The zero-order chi connectivity index (χ0) is 13.3. The summed E-state index contributed by atoms with van der Waals surface area (Å²) in [4.78, 5) is -0.157. The molecule has 0 aliphatic carbocycles. The summed E-state index contributed by atoms with van der Waals surface area (Å²) in [6.45, 7) is 2.14. The van der Waals surface area contributed by atoms with Crippen molar-refractivity contribution in [1.82, 2.24) is 4.72 Å². The first-order chi connectivity index (χ1) is 8.47. The van der Waals surface area contributed by atoms with Crippen molar-refractivity contribution in [3.63, 3.8) is 0 Å². The van der Waals surface area contributed by atoms with E-state index in [4.69, 9.17) is 10.5 Å². The van der Waals surface area contributed by atoms with Crippen molar-refractivity contribution in [3.8, 4) is 5.75 Å². The molecule has 3 N–H and O–H groups in total. The van der Waals surface area contributed by atoms with E-state index in [-0.39, 0.29) is 29.8 Å². The summed E-state index contributed by atoms with van der Waals surface area (Å²) < 4.78 is 45.1. The van der Waals surface area contributed by atoms with Crippen LogP contribution >= 0.6 is 0 Å². The normalized spacial score (nSPS) is 18.5. The van der Waals surface area contributed by atoms with Gasteiger partial charge in [0, 0.05) is 25.1 Å². The number of rotatable bonds is 4. The number of fused-ring (bicyclic) bond motifs is 1. The van der Waals surface area contributed by atoms with Crippen molar-refractivity contribution in [2.75, 3.05) is 13.1 Å². The highest BCUT2D eigenvalue weighted by atomic mass is 32.2. The number of benzene rings is 1. The second kappa shape index (κ2) is 4.83. The van der Waals surface area contributed by atoms with Crippen LogP contribution in [0.2, 0.25) is 0 Å². The fourth-order valence-electron chi connectivity index (χ4n) is 1.96. The van der Waals surface area contributed by atoms with Crippen LogP contribution in [0.15, 0.2) is 17.0 Å². The standard InChI is InChI=1S/C11H15FN2O3S/c1-2-14-18(15,16)10-5-8(12)3-7-4-9(6-13)17-11(7)10/h3,5,9,14H,2,4,6,13H2,1H3. The molecule has 1 unspecified atom stereocenters. The Kier molecular flexibility index (Phi) is 3.56. The topological polar surface area (TPSA) is 81.4 Å². The summed E-state index contributed by atoms with van der Waals surface area (Å²) in [7, 11) is -3.75. The largest absolute Gasteiger partial charge is 0.487 e. The molecule has 0 saturated carbocycles. The fourth-order valence-corrected chi connectivity index (χ4v) is 3.19. The molecule has 1 aliphatic heterocycles. The third kappa shape index (κ3) is 2.33. The van der Waals surface area contributed by atoms with Crippen LogP contribution in [0.5, 0.6) is 5.75 Å². The smallest absolute Gasteiger partial charge is 0.244 e. The molecule has 100 valence electrons. The molecule has 1 heterocycles. The predicted molar refractivity (Wildman–Crippen MR) is 64.4 cm³/mol. The number of ether oxygens (including phenoxy) is 1. The summed E-state index contributed by atoms with van der Waals surface area (Å²) in [6.07, 6.45) is 0.135. The van der Waals surface area contributed by atoms with Crippen molar-refractivity contribution >= 4 is 10.0 Å². The third-order valence-electron chi connectivity index (χ3n) is 2.72. The summed E-state index contributed by atoms with van der Waals surface area (Å²) in [5, 5.41) is 0. The van der Waals surface area contributed by atoms with Gasteiger partial charge in [0.15, 0.2) is 0 Å². The first-order valence-corrected chi connectivity index (χ1v) is 7.15. The average molecular weight is 274 g/mol. The van der Waals surface area contributed by atoms with Crippen LogP contribution in [0.3, 0.4) is 0 Å². The first kappa shape index (κ1) is 13.3. The van der Waals surface area contributed by atoms with Crippen molar-refractivity contribution in [3.05, 3.63) is 23.5 Å². The number of halogens is 1. The summed E-state index contributed by atoms with van der Waals surface area (Å²) >= 11 is 0. The molecule has 1 aliphatic rings. The lowest BCUT2D eigenvalue weighted by Crippen LogP contribution is -2.26. The van der Waals surface area contributed by atoms with Crippen LogP contribution < -0.4 is 15.2 Å². The minimum absolute atomic E-state index is 0.157. The summed E-state index contributed by atoms with van der Waals surface area (Å²) in [5.74, 6) is -0.376. The molecule has 0 fully saturated rings. The molecule has 1 aromatic rings. The van der Waals surface area contributed by atoms with E-state index < -0.39 is 15.8 Å². The van der Waals surface area contributed by atoms with Gasteiger partial charge >= 0.3 is 0 Å². The average Bonchev–Trinajstić information content (AvgIpc) is 2.70. The minimum atomic E-state index is -3.75. The molecule has 5 nitrogen and oxygen atoms in total. The van der Waals surface area contributed by atoms with Crippen molar-refractivity contribution in [1.29, 1.82) is 0 Å². The van der Waals surface area contributed by atoms with Gasteiger partial charge in [-0.15, -0.1) is 0 Å². The van der Waals surface area contributed by atoms with E-state index in [1.807, 2.05) is 0 Å². The van der Waals surface area contributed by atoms with Gasteiger partial charge in [-0.2, -0.15) is 0 Å². The van der Waals surface area contributed by atoms with E-state index >= 15 is 0 Å². The lowest BCUT2D eigenvalue weighted by atomic mass is 10.1. The van der Waals surface area contributed by atoms with Gasteiger partial charge in [-0.05, 0) is 12.1 Å². The van der Waals surface area contributed by atoms with Gasteiger partial charge < -0.3 is 10.5 Å². The lowest BCUT2D eigenvalue weighted by molar-refractivity contribution is 0.236. The maximum Gasteiger partial charge on any atom is 0.244 e. The third-order valence-corrected chi connectivity index (χ3v) is 4.27. The van der Waals surface area contributed by atoms with Crippen LogP contribution in [0.4, 0.5) is 4.39 Å². The Morgan fingerprint density at radius 1 is 1.56 bits per heavy atom. The maximum atomic E-state index is 13.4. The molecule has 0 saturated heterocycles. The minimum Gasteiger partial charge on any atom is -0.487 e. The molecule has 1 atom stereocenters. The van der Waals surface area contributed by atoms with Crippen molar-refractivity contribution < 1.29 is 17.5 Å². The molecule has 2 rings (SSSR count). The zero-order valence-corrected chi connectivity index (χ0v) is 10.8. The van der Waals surface area contributed by atoms with Crippen LogP contribution in [0.1, 0.15) is 12.5 Å². The Bertz CT molecular complexity index is 560. The number of hydrogen-bond acceptors (Lipinski definition) is 4. The van der Waals surface area contributed by atoms with Crippen LogP contribution in [-0.2, 0) is 16.4 Å². The fraction of sp³-hybridized carbons (Fsp3) is 0.455. The van der Waals surface area contributed by atoms with Crippen molar-refractivity contribution in [2.24, 2.45) is 5.73 Å². The Balaban J connectivity index is 2.51. The molecule has 1 aromatic carbocycles. The van der Waals surface area contributed by atoms with E-state index in [9.17, 15) is 12.8 Å².